The summed E-state index contributed by atoms with van der Waals surface area (Å²) in [6.45, 7) is 0.547. The fourth-order valence-corrected chi connectivity index (χ4v) is 4.97. The van der Waals surface area contributed by atoms with E-state index in [1.807, 2.05) is 0 Å². The first kappa shape index (κ1) is 21.0. The van der Waals surface area contributed by atoms with Crippen LogP contribution in [0.15, 0.2) is 57.2 Å². The summed E-state index contributed by atoms with van der Waals surface area (Å²) in [5.74, 6) is 0.351. The van der Waals surface area contributed by atoms with Crippen LogP contribution in [0.3, 0.4) is 0 Å². The number of aliphatic imine (C=N–C) groups is 1. The highest BCUT2D eigenvalue weighted by atomic mass is 35.5. The van der Waals surface area contributed by atoms with Gasteiger partial charge in [-0.1, -0.05) is 17.7 Å². The Hall–Kier alpha value is -2.70. The summed E-state index contributed by atoms with van der Waals surface area (Å²) < 4.78 is 54.7. The first-order chi connectivity index (χ1) is 13.6. The zero-order valence-corrected chi connectivity index (χ0v) is 17.1. The normalized spacial score (nSPS) is 14.3. The van der Waals surface area contributed by atoms with E-state index in [9.17, 15) is 26.9 Å². The molecule has 0 radical (unpaired) electrons. The van der Waals surface area contributed by atoms with Crippen LogP contribution < -0.4 is 9.44 Å². The predicted molar refractivity (Wildman–Crippen MR) is 107 cm³/mol. The molecule has 13 heteroatoms. The van der Waals surface area contributed by atoms with Gasteiger partial charge >= 0.3 is 0 Å². The Morgan fingerprint density at radius 1 is 1.00 bits per heavy atom. The number of nitrogens with one attached hydrogen (secondary N) is 2. The van der Waals surface area contributed by atoms with Crippen LogP contribution in [-0.4, -0.2) is 34.1 Å². The van der Waals surface area contributed by atoms with Crippen LogP contribution in [-0.2, 0) is 20.0 Å². The number of halogens is 1. The second kappa shape index (κ2) is 7.97. The summed E-state index contributed by atoms with van der Waals surface area (Å²) in [7, 11) is -8.16. The first-order valence-electron chi connectivity index (χ1n) is 8.21. The number of nitro benzene ring substituents is 1. The van der Waals surface area contributed by atoms with Gasteiger partial charge in [-0.25, -0.2) is 16.8 Å². The van der Waals surface area contributed by atoms with Crippen LogP contribution in [0.25, 0.3) is 0 Å². The number of hydrogen-bond acceptors (Lipinski definition) is 7. The van der Waals surface area contributed by atoms with Gasteiger partial charge in [-0.15, -0.1) is 0 Å². The molecule has 0 aliphatic carbocycles. The summed E-state index contributed by atoms with van der Waals surface area (Å²) in [5, 5.41) is 10.8. The number of amidine groups is 1. The van der Waals surface area contributed by atoms with Gasteiger partial charge in [0.2, 0.25) is 0 Å². The zero-order chi connectivity index (χ0) is 21.2. The van der Waals surface area contributed by atoms with Crippen LogP contribution >= 0.6 is 11.6 Å². The lowest BCUT2D eigenvalue weighted by Crippen LogP contribution is -2.29. The monoisotopic (exact) mass is 458 g/mol. The molecule has 0 unspecified atom stereocenters. The summed E-state index contributed by atoms with van der Waals surface area (Å²) >= 11 is 5.70. The average Bonchev–Trinajstić information content (AvgIpc) is 3.14. The lowest BCUT2D eigenvalue weighted by molar-refractivity contribution is -0.384. The summed E-state index contributed by atoms with van der Waals surface area (Å²) in [6.07, 6.45) is 1.27. The molecule has 0 bridgehead atoms. The highest BCUT2D eigenvalue weighted by Gasteiger charge is 2.22. The van der Waals surface area contributed by atoms with E-state index in [2.05, 4.69) is 14.4 Å². The first-order valence-corrected chi connectivity index (χ1v) is 11.6. The SMILES string of the molecule is O=[N+]([O-])c1cc(S(=O)(=O)Nc2cccc(S(=O)(=O)NC3=NCCC3)c2)ccc1Cl. The van der Waals surface area contributed by atoms with Gasteiger partial charge in [-0.3, -0.25) is 24.6 Å². The third-order valence-corrected chi connectivity index (χ3v) is 7.03. The Morgan fingerprint density at radius 3 is 2.34 bits per heavy atom. The van der Waals surface area contributed by atoms with Crippen molar-refractivity contribution in [2.45, 2.75) is 22.6 Å². The van der Waals surface area contributed by atoms with Crippen LogP contribution in [0.1, 0.15) is 12.8 Å². The van der Waals surface area contributed by atoms with Crippen LogP contribution in [0.2, 0.25) is 5.02 Å². The number of rotatable bonds is 6. The Morgan fingerprint density at radius 2 is 1.69 bits per heavy atom. The predicted octanol–water partition coefficient (Wildman–Crippen LogP) is 2.52. The van der Waals surface area contributed by atoms with E-state index < -0.39 is 30.7 Å². The highest BCUT2D eigenvalue weighted by molar-refractivity contribution is 7.92. The molecule has 0 amide bonds. The molecule has 0 aromatic heterocycles. The molecule has 0 saturated carbocycles. The number of sulfonamides is 2. The van der Waals surface area contributed by atoms with Crippen LogP contribution in [0.5, 0.6) is 0 Å². The minimum Gasteiger partial charge on any atom is -0.280 e. The van der Waals surface area contributed by atoms with E-state index >= 15 is 0 Å². The van der Waals surface area contributed by atoms with E-state index in [-0.39, 0.29) is 20.5 Å². The van der Waals surface area contributed by atoms with Gasteiger partial charge in [-0.2, -0.15) is 0 Å². The minimum atomic E-state index is -4.22. The summed E-state index contributed by atoms with van der Waals surface area (Å²) in [5.41, 5.74) is -0.591. The van der Waals surface area contributed by atoms with Crippen LogP contribution in [0.4, 0.5) is 11.4 Å². The third-order valence-electron chi connectivity index (χ3n) is 3.95. The largest absolute Gasteiger partial charge is 0.289 e. The molecular weight excluding hydrogens is 444 g/mol. The molecule has 0 saturated heterocycles. The maximum Gasteiger partial charge on any atom is 0.289 e. The summed E-state index contributed by atoms with van der Waals surface area (Å²) in [6, 6.07) is 8.20. The van der Waals surface area contributed by atoms with E-state index in [0.29, 0.717) is 18.8 Å². The number of anilines is 1. The quantitative estimate of drug-likeness (QED) is 0.502. The topological polar surface area (TPSA) is 148 Å². The van der Waals surface area contributed by atoms with Crippen molar-refractivity contribution < 1.29 is 21.8 Å². The highest BCUT2D eigenvalue weighted by Crippen LogP contribution is 2.28. The molecule has 1 aliphatic heterocycles. The molecule has 1 aliphatic rings. The smallest absolute Gasteiger partial charge is 0.280 e. The van der Waals surface area contributed by atoms with Gasteiger partial charge in [0.25, 0.3) is 25.7 Å². The fourth-order valence-electron chi connectivity index (χ4n) is 2.58. The Labute approximate surface area is 171 Å². The molecule has 2 N–H and O–H groups in total. The van der Waals surface area contributed by atoms with Crippen molar-refractivity contribution in [3.8, 4) is 0 Å². The molecule has 1 heterocycles. The number of hydrogen-bond donors (Lipinski definition) is 2. The van der Waals surface area contributed by atoms with Gasteiger partial charge in [-0.05, 0) is 36.8 Å². The Kier molecular flexibility index (Phi) is 5.78. The van der Waals surface area contributed by atoms with Crippen LogP contribution in [0, 0.1) is 10.1 Å². The minimum absolute atomic E-state index is 0.0289. The zero-order valence-electron chi connectivity index (χ0n) is 14.7. The van der Waals surface area contributed by atoms with E-state index in [1.165, 1.54) is 18.2 Å². The molecule has 3 rings (SSSR count). The molecule has 29 heavy (non-hydrogen) atoms. The molecule has 2 aromatic carbocycles. The van der Waals surface area contributed by atoms with Crippen molar-refractivity contribution in [3.63, 3.8) is 0 Å². The summed E-state index contributed by atoms with van der Waals surface area (Å²) in [4.78, 5) is 13.7. The van der Waals surface area contributed by atoms with E-state index in [0.717, 1.165) is 30.7 Å². The van der Waals surface area contributed by atoms with Crippen molar-refractivity contribution in [2.75, 3.05) is 11.3 Å². The molecular formula is C16H15ClN4O6S2. The maximum absolute atomic E-state index is 12.6. The molecule has 154 valence electrons. The van der Waals surface area contributed by atoms with Crippen molar-refractivity contribution in [3.05, 3.63) is 57.6 Å². The second-order valence-electron chi connectivity index (χ2n) is 6.04. The van der Waals surface area contributed by atoms with Gasteiger partial charge < -0.3 is 0 Å². The standard InChI is InChI=1S/C16H15ClN4O6S2/c17-14-7-6-13(10-15(14)21(22)23)28(24,25)19-11-3-1-4-12(9-11)29(26,27)20-16-5-2-8-18-16/h1,3-4,6-7,9-10,19H,2,5,8H2,(H,18,20). The van der Waals surface area contributed by atoms with E-state index in [4.69, 9.17) is 11.6 Å². The van der Waals surface area contributed by atoms with Gasteiger partial charge in [0, 0.05) is 19.0 Å². The average molecular weight is 459 g/mol. The number of nitro groups is 1. The molecule has 10 nitrogen and oxygen atoms in total. The van der Waals surface area contributed by atoms with Gasteiger partial charge in [0.1, 0.15) is 10.9 Å². The van der Waals surface area contributed by atoms with E-state index in [1.54, 1.807) is 0 Å². The van der Waals surface area contributed by atoms with Crippen molar-refractivity contribution in [2.24, 2.45) is 4.99 Å². The number of benzene rings is 2. The molecule has 2 aromatic rings. The lowest BCUT2D eigenvalue weighted by Gasteiger charge is -2.11. The van der Waals surface area contributed by atoms with Gasteiger partial charge in [0.05, 0.1) is 20.4 Å². The second-order valence-corrected chi connectivity index (χ2v) is 9.81. The molecule has 0 spiro atoms. The maximum atomic E-state index is 12.6. The van der Waals surface area contributed by atoms with Gasteiger partial charge in [0.15, 0.2) is 0 Å². The Bertz CT molecular complexity index is 1210. The lowest BCUT2D eigenvalue weighted by atomic mass is 10.3. The fraction of sp³-hybridized carbons (Fsp3) is 0.188. The van der Waals surface area contributed by atoms with Crippen molar-refractivity contribution in [1.29, 1.82) is 0 Å². The Balaban J connectivity index is 1.88. The number of nitrogens with zero attached hydrogens (tertiary/aromatic N) is 2. The van der Waals surface area contributed by atoms with Crippen molar-refractivity contribution in [1.82, 2.24) is 4.72 Å². The third kappa shape index (κ3) is 4.83. The molecule has 0 atom stereocenters. The van der Waals surface area contributed by atoms with Crippen molar-refractivity contribution >= 4 is 48.9 Å². The molecule has 0 fully saturated rings.